The smallest absolute Gasteiger partial charge is 0.0154 e. The summed E-state index contributed by atoms with van der Waals surface area (Å²) >= 11 is 0. The predicted molar refractivity (Wildman–Crippen MR) is 51.3 cm³/mol. The maximum atomic E-state index is 6.19. The monoisotopic (exact) mass is 156 g/mol. The van der Waals surface area contributed by atoms with Crippen LogP contribution in [0, 0.1) is 6.92 Å². The van der Waals surface area contributed by atoms with Gasteiger partial charge >= 0.3 is 0 Å². The molecule has 0 aliphatic heterocycles. The third-order valence-electron chi connectivity index (χ3n) is 2.17. The fourth-order valence-corrected chi connectivity index (χ4v) is 1.72. The second-order valence-corrected chi connectivity index (χ2v) is 3.47. The molecule has 0 saturated heterocycles. The summed E-state index contributed by atoms with van der Waals surface area (Å²) in [6, 6.07) is 0. The van der Waals surface area contributed by atoms with Gasteiger partial charge in [-0.2, -0.15) is 0 Å². The molecule has 0 aromatic rings. The molecule has 2 N–H and O–H groups in total. The molecule has 0 saturated carbocycles. The van der Waals surface area contributed by atoms with Crippen LogP contribution >= 0.6 is 0 Å². The molecule has 0 aromatic heterocycles. The van der Waals surface area contributed by atoms with Crippen molar-refractivity contribution in [1.29, 1.82) is 0 Å². The van der Waals surface area contributed by atoms with Crippen molar-refractivity contribution in [3.8, 4) is 0 Å². The van der Waals surface area contributed by atoms with Crippen LogP contribution in [-0.4, -0.2) is 5.54 Å². The van der Waals surface area contributed by atoms with Gasteiger partial charge in [0.1, 0.15) is 0 Å². The molecule has 0 fully saturated rings. The van der Waals surface area contributed by atoms with E-state index in [-0.39, 0.29) is 5.54 Å². The highest BCUT2D eigenvalue weighted by Gasteiger charge is 2.20. The summed E-state index contributed by atoms with van der Waals surface area (Å²) in [5, 5.41) is 0. The maximum Gasteiger partial charge on any atom is 0.0154 e. The molecule has 1 radical (unpaired) electrons. The average molecular weight is 156 g/mol. The zero-order valence-corrected chi connectivity index (χ0v) is 8.03. The number of rotatable bonds is 6. The molecule has 67 valence electrons. The van der Waals surface area contributed by atoms with E-state index in [4.69, 9.17) is 5.73 Å². The Labute approximate surface area is 71.4 Å². The molecule has 0 aliphatic carbocycles. The highest BCUT2D eigenvalue weighted by atomic mass is 14.7. The van der Waals surface area contributed by atoms with E-state index in [9.17, 15) is 0 Å². The zero-order chi connectivity index (χ0) is 8.74. The molecule has 0 heterocycles. The number of hydrogen-bond donors (Lipinski definition) is 1. The Balaban J connectivity index is 3.79. The summed E-state index contributed by atoms with van der Waals surface area (Å²) in [4.78, 5) is 0. The first-order valence-electron chi connectivity index (χ1n) is 4.76. The number of hydrogen-bond acceptors (Lipinski definition) is 1. The van der Waals surface area contributed by atoms with Crippen molar-refractivity contribution in [2.75, 3.05) is 0 Å². The largest absolute Gasteiger partial charge is 0.325 e. The van der Waals surface area contributed by atoms with Crippen LogP contribution in [-0.2, 0) is 0 Å². The highest BCUT2D eigenvalue weighted by molar-refractivity contribution is 4.83. The van der Waals surface area contributed by atoms with Crippen molar-refractivity contribution < 1.29 is 0 Å². The van der Waals surface area contributed by atoms with Gasteiger partial charge in [0.05, 0.1) is 0 Å². The lowest BCUT2D eigenvalue weighted by molar-refractivity contribution is 0.335. The third-order valence-corrected chi connectivity index (χ3v) is 2.17. The van der Waals surface area contributed by atoms with Crippen LogP contribution in [0.5, 0.6) is 0 Å². The Bertz CT molecular complexity index is 71.9. The van der Waals surface area contributed by atoms with Crippen LogP contribution in [0.3, 0.4) is 0 Å². The summed E-state index contributed by atoms with van der Waals surface area (Å²) in [6.45, 7) is 8.24. The first-order valence-corrected chi connectivity index (χ1v) is 4.76. The molecular formula is C10H22N. The molecule has 0 atom stereocenters. The topological polar surface area (TPSA) is 26.0 Å². The molecule has 0 aliphatic rings. The van der Waals surface area contributed by atoms with Crippen LogP contribution in [0.2, 0.25) is 0 Å². The van der Waals surface area contributed by atoms with Gasteiger partial charge in [-0.05, 0) is 19.3 Å². The Kier molecular flexibility index (Phi) is 5.57. The SMILES string of the molecule is [CH2]CCC(N)(CCC)CCC. The van der Waals surface area contributed by atoms with Gasteiger partial charge < -0.3 is 5.73 Å². The van der Waals surface area contributed by atoms with E-state index in [1.807, 2.05) is 0 Å². The van der Waals surface area contributed by atoms with Crippen LogP contribution in [0.15, 0.2) is 0 Å². The lowest BCUT2D eigenvalue weighted by atomic mass is 9.86. The minimum absolute atomic E-state index is 0.0885. The molecule has 0 amide bonds. The fraction of sp³-hybridized carbons (Fsp3) is 0.900. The van der Waals surface area contributed by atoms with Crippen molar-refractivity contribution in [2.24, 2.45) is 5.73 Å². The fourth-order valence-electron chi connectivity index (χ4n) is 1.72. The minimum atomic E-state index is 0.0885. The van der Waals surface area contributed by atoms with Crippen molar-refractivity contribution in [1.82, 2.24) is 0 Å². The van der Waals surface area contributed by atoms with Gasteiger partial charge in [0.2, 0.25) is 0 Å². The van der Waals surface area contributed by atoms with E-state index in [1.54, 1.807) is 0 Å². The van der Waals surface area contributed by atoms with Crippen molar-refractivity contribution in [3.63, 3.8) is 0 Å². The van der Waals surface area contributed by atoms with Gasteiger partial charge in [0.25, 0.3) is 0 Å². The Hall–Kier alpha value is -0.0400. The quantitative estimate of drug-likeness (QED) is 0.628. The Morgan fingerprint density at radius 1 is 1.09 bits per heavy atom. The van der Waals surface area contributed by atoms with Crippen LogP contribution in [0.4, 0.5) is 0 Å². The second-order valence-electron chi connectivity index (χ2n) is 3.47. The standard InChI is InChI=1S/C10H22N/c1-4-7-10(11,8-5-2)9-6-3/h1,4-9,11H2,2-3H3. The normalized spacial score (nSPS) is 12.0. The Morgan fingerprint density at radius 2 is 1.55 bits per heavy atom. The van der Waals surface area contributed by atoms with Crippen molar-refractivity contribution in [2.45, 2.75) is 57.9 Å². The van der Waals surface area contributed by atoms with Gasteiger partial charge in [0, 0.05) is 5.54 Å². The van der Waals surface area contributed by atoms with E-state index in [0.717, 1.165) is 25.7 Å². The molecule has 1 nitrogen and oxygen atoms in total. The third kappa shape index (κ3) is 4.41. The summed E-state index contributed by atoms with van der Waals surface area (Å²) in [5.74, 6) is 0. The van der Waals surface area contributed by atoms with Crippen LogP contribution < -0.4 is 5.73 Å². The lowest BCUT2D eigenvalue weighted by Gasteiger charge is -2.28. The summed E-state index contributed by atoms with van der Waals surface area (Å²) in [5.41, 5.74) is 6.28. The second kappa shape index (κ2) is 5.59. The zero-order valence-electron chi connectivity index (χ0n) is 8.03. The molecule has 0 unspecified atom stereocenters. The van der Waals surface area contributed by atoms with Gasteiger partial charge in [-0.1, -0.05) is 40.0 Å². The molecular weight excluding hydrogens is 134 g/mol. The van der Waals surface area contributed by atoms with Gasteiger partial charge in [-0.3, -0.25) is 0 Å². The van der Waals surface area contributed by atoms with E-state index < -0.39 is 0 Å². The van der Waals surface area contributed by atoms with Crippen LogP contribution in [0.25, 0.3) is 0 Å². The molecule has 11 heavy (non-hydrogen) atoms. The van der Waals surface area contributed by atoms with E-state index in [0.29, 0.717) is 0 Å². The first kappa shape index (κ1) is 11.0. The summed E-state index contributed by atoms with van der Waals surface area (Å²) < 4.78 is 0. The average Bonchev–Trinajstić information content (AvgIpc) is 1.88. The molecule has 0 spiro atoms. The van der Waals surface area contributed by atoms with Gasteiger partial charge in [0.15, 0.2) is 0 Å². The van der Waals surface area contributed by atoms with Gasteiger partial charge in [-0.25, -0.2) is 0 Å². The van der Waals surface area contributed by atoms with Crippen molar-refractivity contribution in [3.05, 3.63) is 6.92 Å². The minimum Gasteiger partial charge on any atom is -0.325 e. The van der Waals surface area contributed by atoms with E-state index >= 15 is 0 Å². The predicted octanol–water partition coefficient (Wildman–Crippen LogP) is 2.90. The first-order chi connectivity index (χ1) is 5.18. The summed E-state index contributed by atoms with van der Waals surface area (Å²) in [6.07, 6.45) is 6.73. The summed E-state index contributed by atoms with van der Waals surface area (Å²) in [7, 11) is 0. The molecule has 0 rings (SSSR count). The maximum absolute atomic E-state index is 6.19. The number of nitrogens with two attached hydrogens (primary N) is 1. The highest BCUT2D eigenvalue weighted by Crippen LogP contribution is 2.21. The van der Waals surface area contributed by atoms with E-state index in [1.165, 1.54) is 12.8 Å². The van der Waals surface area contributed by atoms with Gasteiger partial charge in [-0.15, -0.1) is 0 Å². The Morgan fingerprint density at radius 3 is 1.82 bits per heavy atom. The molecule has 0 bridgehead atoms. The van der Waals surface area contributed by atoms with Crippen molar-refractivity contribution >= 4 is 0 Å². The molecule has 0 aromatic carbocycles. The molecule has 1 heteroatoms. The van der Waals surface area contributed by atoms with E-state index in [2.05, 4.69) is 20.8 Å². The lowest BCUT2D eigenvalue weighted by Crippen LogP contribution is -2.39. The van der Waals surface area contributed by atoms with Crippen LogP contribution in [0.1, 0.15) is 52.4 Å².